The molecule has 0 bridgehead atoms. The number of nitrogens with one attached hydrogen (secondary N) is 2. The van der Waals surface area contributed by atoms with Crippen molar-refractivity contribution < 1.29 is 18.8 Å². The van der Waals surface area contributed by atoms with E-state index in [2.05, 4.69) is 15.6 Å². The van der Waals surface area contributed by atoms with Crippen molar-refractivity contribution in [1.29, 1.82) is 0 Å². The van der Waals surface area contributed by atoms with Crippen molar-refractivity contribution in [2.24, 2.45) is 0 Å². The molecule has 1 aromatic heterocycles. The van der Waals surface area contributed by atoms with Crippen LogP contribution in [0.5, 0.6) is 0 Å². The molecule has 3 aromatic rings. The number of urea groups is 1. The molecule has 0 radical (unpaired) electrons. The molecule has 1 fully saturated rings. The number of anilines is 4. The molecule has 0 unspecified atom stereocenters. The lowest BCUT2D eigenvalue weighted by Gasteiger charge is -2.18. The van der Waals surface area contributed by atoms with E-state index in [0.717, 1.165) is 37.3 Å². The predicted octanol–water partition coefficient (Wildman–Crippen LogP) is 5.25. The Morgan fingerprint density at radius 2 is 1.69 bits per heavy atom. The second-order valence-electron chi connectivity index (χ2n) is 7.85. The third kappa shape index (κ3) is 5.90. The Labute approximate surface area is 206 Å². The summed E-state index contributed by atoms with van der Waals surface area (Å²) in [6.45, 7) is 2.77. The average Bonchev–Trinajstić information content (AvgIpc) is 3.53. The van der Waals surface area contributed by atoms with Crippen LogP contribution in [0.1, 0.15) is 25.5 Å². The van der Waals surface area contributed by atoms with Gasteiger partial charge in [-0.2, -0.15) is 0 Å². The van der Waals surface area contributed by atoms with E-state index in [1.165, 1.54) is 36.1 Å². The molecule has 2 N–H and O–H groups in total. The molecule has 0 spiro atoms. The number of nitrogens with zero attached hydrogens (tertiary/aromatic N) is 3. The van der Waals surface area contributed by atoms with Crippen LogP contribution < -0.4 is 15.5 Å². The van der Waals surface area contributed by atoms with Crippen molar-refractivity contribution in [2.45, 2.75) is 19.8 Å². The molecule has 2 aromatic carbocycles. The number of likely N-dealkylation sites (tertiary alicyclic amines) is 1. The minimum Gasteiger partial charge on any atom is -0.325 e. The number of rotatable bonds is 6. The Morgan fingerprint density at radius 3 is 2.37 bits per heavy atom. The molecule has 1 aliphatic rings. The van der Waals surface area contributed by atoms with E-state index < -0.39 is 11.7 Å². The molecule has 4 amide bonds. The van der Waals surface area contributed by atoms with Gasteiger partial charge in [-0.25, -0.2) is 14.2 Å². The molecular weight excluding hydrogens is 469 g/mol. The number of hydrogen-bond acceptors (Lipinski definition) is 5. The standard InChI is InChI=1S/C25H24FN5O3S/c1-17(32)31(22-11-5-2-8-19(22)26)25-27-18(16-35-25)12-13-23(33)28-20-9-3-4-10-21(20)29-24(34)30-14-6-7-15-30/h2-5,8-13,16H,6-7,14-15H2,1H3,(H,28,33)(H,29,34). The van der Waals surface area contributed by atoms with Gasteiger partial charge in [0.2, 0.25) is 11.8 Å². The summed E-state index contributed by atoms with van der Waals surface area (Å²) in [5, 5.41) is 7.56. The van der Waals surface area contributed by atoms with Crippen molar-refractivity contribution in [1.82, 2.24) is 9.88 Å². The van der Waals surface area contributed by atoms with E-state index in [-0.39, 0.29) is 22.8 Å². The van der Waals surface area contributed by atoms with E-state index >= 15 is 0 Å². The molecule has 1 saturated heterocycles. The number of benzene rings is 2. The quantitative estimate of drug-likeness (QED) is 0.459. The Kier molecular flexibility index (Phi) is 7.51. The number of hydrogen-bond donors (Lipinski definition) is 2. The number of amides is 4. The van der Waals surface area contributed by atoms with Gasteiger partial charge in [0.1, 0.15) is 5.82 Å². The van der Waals surface area contributed by atoms with Gasteiger partial charge >= 0.3 is 6.03 Å². The monoisotopic (exact) mass is 493 g/mol. The lowest BCUT2D eigenvalue weighted by atomic mass is 10.2. The maximum atomic E-state index is 14.2. The number of carbonyl (C=O) groups excluding carboxylic acids is 3. The fraction of sp³-hybridized carbons (Fsp3) is 0.200. The molecule has 0 saturated carbocycles. The van der Waals surface area contributed by atoms with Crippen LogP contribution in [0.4, 0.5) is 31.4 Å². The lowest BCUT2D eigenvalue weighted by molar-refractivity contribution is -0.116. The Bertz CT molecular complexity index is 1270. The molecule has 0 atom stereocenters. The van der Waals surface area contributed by atoms with Gasteiger partial charge in [0.15, 0.2) is 5.13 Å². The number of aromatic nitrogens is 1. The zero-order chi connectivity index (χ0) is 24.8. The zero-order valence-corrected chi connectivity index (χ0v) is 19.8. The second-order valence-corrected chi connectivity index (χ2v) is 8.69. The topological polar surface area (TPSA) is 94.6 Å². The minimum absolute atomic E-state index is 0.107. The third-order valence-corrected chi connectivity index (χ3v) is 6.18. The Hall–Kier alpha value is -4.05. The van der Waals surface area contributed by atoms with E-state index in [0.29, 0.717) is 17.1 Å². The van der Waals surface area contributed by atoms with Gasteiger partial charge in [-0.15, -0.1) is 11.3 Å². The molecule has 1 aliphatic heterocycles. The highest BCUT2D eigenvalue weighted by Gasteiger charge is 2.21. The molecule has 0 aliphatic carbocycles. The maximum absolute atomic E-state index is 14.2. The van der Waals surface area contributed by atoms with Crippen LogP contribution in [-0.2, 0) is 9.59 Å². The normalized spacial score (nSPS) is 13.1. The third-order valence-electron chi connectivity index (χ3n) is 5.33. The molecule has 8 nitrogen and oxygen atoms in total. The first-order chi connectivity index (χ1) is 16.9. The Morgan fingerprint density at radius 1 is 1.03 bits per heavy atom. The molecule has 35 heavy (non-hydrogen) atoms. The predicted molar refractivity (Wildman–Crippen MR) is 135 cm³/mol. The molecule has 10 heteroatoms. The minimum atomic E-state index is -0.537. The van der Waals surface area contributed by atoms with Crippen molar-refractivity contribution in [3.8, 4) is 0 Å². The van der Waals surface area contributed by atoms with Crippen LogP contribution in [0.25, 0.3) is 6.08 Å². The van der Waals surface area contributed by atoms with Crippen LogP contribution in [0.15, 0.2) is 60.0 Å². The summed E-state index contributed by atoms with van der Waals surface area (Å²) in [5.74, 6) is -1.34. The van der Waals surface area contributed by atoms with E-state index in [1.807, 2.05) is 0 Å². The molecule has 4 rings (SSSR count). The summed E-state index contributed by atoms with van der Waals surface area (Å²) in [7, 11) is 0. The van der Waals surface area contributed by atoms with Gasteiger partial charge in [-0.3, -0.25) is 14.5 Å². The van der Waals surface area contributed by atoms with Crippen LogP contribution >= 0.6 is 11.3 Å². The average molecular weight is 494 g/mol. The highest BCUT2D eigenvalue weighted by molar-refractivity contribution is 7.14. The van der Waals surface area contributed by atoms with Crippen LogP contribution in [0, 0.1) is 5.82 Å². The number of thiazole rings is 1. The molecule has 2 heterocycles. The van der Waals surface area contributed by atoms with Gasteiger partial charge in [-0.1, -0.05) is 24.3 Å². The van der Waals surface area contributed by atoms with Crippen molar-refractivity contribution in [3.05, 3.63) is 71.5 Å². The highest BCUT2D eigenvalue weighted by Crippen LogP contribution is 2.31. The first-order valence-electron chi connectivity index (χ1n) is 11.1. The van der Waals surface area contributed by atoms with Gasteiger partial charge in [0.05, 0.1) is 22.8 Å². The van der Waals surface area contributed by atoms with Crippen molar-refractivity contribution in [3.63, 3.8) is 0 Å². The summed E-state index contributed by atoms with van der Waals surface area (Å²) < 4.78 is 14.2. The van der Waals surface area contributed by atoms with E-state index in [9.17, 15) is 18.8 Å². The highest BCUT2D eigenvalue weighted by atomic mass is 32.1. The second kappa shape index (κ2) is 10.9. The van der Waals surface area contributed by atoms with Gasteiger partial charge in [0, 0.05) is 31.5 Å². The molecular formula is C25H24FN5O3S. The van der Waals surface area contributed by atoms with Gasteiger partial charge in [-0.05, 0) is 43.2 Å². The summed E-state index contributed by atoms with van der Waals surface area (Å²) in [6, 6.07) is 12.7. The summed E-state index contributed by atoms with van der Waals surface area (Å²) in [6.07, 6.45) is 4.78. The zero-order valence-electron chi connectivity index (χ0n) is 19.0. The smallest absolute Gasteiger partial charge is 0.321 e. The van der Waals surface area contributed by atoms with Crippen molar-refractivity contribution >= 4 is 57.5 Å². The maximum Gasteiger partial charge on any atom is 0.321 e. The van der Waals surface area contributed by atoms with Crippen LogP contribution in [0.3, 0.4) is 0 Å². The number of para-hydroxylation sites is 3. The van der Waals surface area contributed by atoms with E-state index in [1.54, 1.807) is 46.7 Å². The molecule has 180 valence electrons. The fourth-order valence-corrected chi connectivity index (χ4v) is 4.49. The fourth-order valence-electron chi connectivity index (χ4n) is 3.65. The summed E-state index contributed by atoms with van der Waals surface area (Å²) in [4.78, 5) is 44.4. The van der Waals surface area contributed by atoms with Crippen LogP contribution in [-0.4, -0.2) is 40.8 Å². The van der Waals surface area contributed by atoms with Crippen molar-refractivity contribution in [2.75, 3.05) is 28.6 Å². The first-order valence-corrected chi connectivity index (χ1v) is 11.9. The number of carbonyl (C=O) groups is 3. The van der Waals surface area contributed by atoms with Gasteiger partial charge < -0.3 is 15.5 Å². The van der Waals surface area contributed by atoms with Crippen LogP contribution in [0.2, 0.25) is 0 Å². The largest absolute Gasteiger partial charge is 0.325 e. The SMILES string of the molecule is CC(=O)N(c1nc(C=CC(=O)Nc2ccccc2NC(=O)N2CCCC2)cs1)c1ccccc1F. The lowest BCUT2D eigenvalue weighted by Crippen LogP contribution is -2.32. The summed E-state index contributed by atoms with van der Waals surface area (Å²) >= 11 is 1.16. The Balaban J connectivity index is 1.44. The van der Waals surface area contributed by atoms with E-state index in [4.69, 9.17) is 0 Å². The number of halogens is 1. The van der Waals surface area contributed by atoms with Gasteiger partial charge in [0.25, 0.3) is 0 Å². The first kappa shape index (κ1) is 24.1. The summed E-state index contributed by atoms with van der Waals surface area (Å²) in [5.41, 5.74) is 1.52.